The Kier molecular flexibility index (Phi) is 2.43. The largest absolute Gasteiger partial charge is 0.384 e. The minimum Gasteiger partial charge on any atom is -0.384 e. The molecule has 1 aromatic rings. The number of rotatable bonds is 1. The average Bonchev–Trinajstić information content (AvgIpc) is 2.18. The fourth-order valence-electron chi connectivity index (χ4n) is 1.89. The van der Waals surface area contributed by atoms with Crippen LogP contribution in [0.4, 0.5) is 17.3 Å². The lowest BCUT2D eigenvalue weighted by molar-refractivity contribution is 0.578. The van der Waals surface area contributed by atoms with Crippen LogP contribution in [0, 0.1) is 0 Å². The van der Waals surface area contributed by atoms with E-state index in [0.717, 1.165) is 18.8 Å². The number of piperidine rings is 1. The Morgan fingerprint density at radius 3 is 2.14 bits per heavy atom. The number of nitrogens with zero attached hydrogens (tertiary/aromatic N) is 2. The molecule has 1 saturated heterocycles. The van der Waals surface area contributed by atoms with Gasteiger partial charge >= 0.3 is 0 Å². The fraction of sp³-hybridized carbons (Fsp3) is 0.500. The Labute approximate surface area is 83.9 Å². The third-order valence-corrected chi connectivity index (χ3v) is 2.57. The SMILES string of the molecule is Nc1cc(N2CCCCC2)cc(N)n1. The first-order chi connectivity index (χ1) is 6.75. The zero-order valence-electron chi connectivity index (χ0n) is 8.24. The van der Waals surface area contributed by atoms with Crippen molar-refractivity contribution in [2.45, 2.75) is 19.3 Å². The van der Waals surface area contributed by atoms with Crippen LogP contribution in [0.25, 0.3) is 0 Å². The van der Waals surface area contributed by atoms with E-state index in [1.807, 2.05) is 12.1 Å². The number of anilines is 3. The van der Waals surface area contributed by atoms with Gasteiger partial charge in [0.2, 0.25) is 0 Å². The summed E-state index contributed by atoms with van der Waals surface area (Å²) in [6, 6.07) is 3.78. The van der Waals surface area contributed by atoms with Gasteiger partial charge in [-0.15, -0.1) is 0 Å². The third kappa shape index (κ3) is 1.89. The quantitative estimate of drug-likeness (QED) is 0.702. The summed E-state index contributed by atoms with van der Waals surface area (Å²) in [6.07, 6.45) is 3.83. The van der Waals surface area contributed by atoms with Crippen LogP contribution >= 0.6 is 0 Å². The van der Waals surface area contributed by atoms with Crippen molar-refractivity contribution in [2.24, 2.45) is 0 Å². The van der Waals surface area contributed by atoms with Gasteiger partial charge in [0.15, 0.2) is 0 Å². The second-order valence-electron chi connectivity index (χ2n) is 3.72. The summed E-state index contributed by atoms with van der Waals surface area (Å²) in [5.41, 5.74) is 12.4. The average molecular weight is 192 g/mol. The maximum absolute atomic E-state index is 5.65. The zero-order valence-corrected chi connectivity index (χ0v) is 8.24. The van der Waals surface area contributed by atoms with Gasteiger partial charge in [0.1, 0.15) is 11.6 Å². The van der Waals surface area contributed by atoms with Gasteiger partial charge in [-0.25, -0.2) is 4.98 Å². The number of hydrogen-bond donors (Lipinski definition) is 2. The number of nitrogens with two attached hydrogens (primary N) is 2. The first-order valence-corrected chi connectivity index (χ1v) is 5.04. The van der Waals surface area contributed by atoms with Gasteiger partial charge in [0, 0.05) is 30.9 Å². The van der Waals surface area contributed by atoms with E-state index >= 15 is 0 Å². The van der Waals surface area contributed by atoms with E-state index in [2.05, 4.69) is 9.88 Å². The molecule has 0 amide bonds. The molecular weight excluding hydrogens is 176 g/mol. The van der Waals surface area contributed by atoms with E-state index in [1.54, 1.807) is 0 Å². The zero-order chi connectivity index (χ0) is 9.97. The second kappa shape index (κ2) is 3.74. The molecule has 14 heavy (non-hydrogen) atoms. The van der Waals surface area contributed by atoms with Crippen molar-refractivity contribution < 1.29 is 0 Å². The smallest absolute Gasteiger partial charge is 0.127 e. The molecule has 0 saturated carbocycles. The lowest BCUT2D eigenvalue weighted by atomic mass is 10.1. The number of pyridine rings is 1. The van der Waals surface area contributed by atoms with Gasteiger partial charge in [0.25, 0.3) is 0 Å². The van der Waals surface area contributed by atoms with E-state index in [1.165, 1.54) is 19.3 Å². The van der Waals surface area contributed by atoms with Crippen LogP contribution in [0.3, 0.4) is 0 Å². The van der Waals surface area contributed by atoms with Crippen LogP contribution in [0.1, 0.15) is 19.3 Å². The highest BCUT2D eigenvalue weighted by Crippen LogP contribution is 2.22. The predicted octanol–water partition coefficient (Wildman–Crippen LogP) is 1.24. The van der Waals surface area contributed by atoms with Gasteiger partial charge in [-0.05, 0) is 19.3 Å². The molecule has 2 rings (SSSR count). The molecule has 0 aliphatic carbocycles. The summed E-state index contributed by atoms with van der Waals surface area (Å²) in [5.74, 6) is 1.01. The third-order valence-electron chi connectivity index (χ3n) is 2.57. The highest BCUT2D eigenvalue weighted by molar-refractivity contribution is 5.58. The number of hydrogen-bond acceptors (Lipinski definition) is 4. The molecule has 1 aliphatic rings. The summed E-state index contributed by atoms with van der Waals surface area (Å²) in [7, 11) is 0. The maximum atomic E-state index is 5.65. The normalized spacial score (nSPS) is 17.0. The summed E-state index contributed by atoms with van der Waals surface area (Å²) < 4.78 is 0. The Morgan fingerprint density at radius 1 is 1.00 bits per heavy atom. The molecule has 0 atom stereocenters. The van der Waals surface area contributed by atoms with Crippen molar-refractivity contribution in [3.05, 3.63) is 12.1 Å². The first-order valence-electron chi connectivity index (χ1n) is 5.04. The Balaban J connectivity index is 2.21. The van der Waals surface area contributed by atoms with Crippen LogP contribution in [0.15, 0.2) is 12.1 Å². The summed E-state index contributed by atoms with van der Waals surface area (Å²) >= 11 is 0. The Hall–Kier alpha value is -1.45. The lowest BCUT2D eigenvalue weighted by Crippen LogP contribution is -2.29. The summed E-state index contributed by atoms with van der Waals surface area (Å²) in [6.45, 7) is 2.20. The van der Waals surface area contributed by atoms with Gasteiger partial charge in [-0.3, -0.25) is 0 Å². The summed E-state index contributed by atoms with van der Waals surface area (Å²) in [4.78, 5) is 6.28. The van der Waals surface area contributed by atoms with E-state index in [-0.39, 0.29) is 0 Å². The molecule has 1 aromatic heterocycles. The molecule has 76 valence electrons. The molecule has 0 spiro atoms. The second-order valence-corrected chi connectivity index (χ2v) is 3.72. The van der Waals surface area contributed by atoms with Gasteiger partial charge in [-0.1, -0.05) is 0 Å². The lowest BCUT2D eigenvalue weighted by Gasteiger charge is -2.28. The fourth-order valence-corrected chi connectivity index (χ4v) is 1.89. The molecule has 4 N–H and O–H groups in total. The molecular formula is C10H16N4. The number of aromatic nitrogens is 1. The maximum Gasteiger partial charge on any atom is 0.127 e. The van der Waals surface area contributed by atoms with Crippen LogP contribution in [-0.4, -0.2) is 18.1 Å². The van der Waals surface area contributed by atoms with Gasteiger partial charge in [0.05, 0.1) is 0 Å². The monoisotopic (exact) mass is 192 g/mol. The summed E-state index contributed by atoms with van der Waals surface area (Å²) in [5, 5.41) is 0. The van der Waals surface area contributed by atoms with E-state index < -0.39 is 0 Å². The molecule has 0 radical (unpaired) electrons. The van der Waals surface area contributed by atoms with Crippen LogP contribution in [0.2, 0.25) is 0 Å². The Morgan fingerprint density at radius 2 is 1.57 bits per heavy atom. The van der Waals surface area contributed by atoms with Crippen molar-refractivity contribution in [3.8, 4) is 0 Å². The molecule has 1 aliphatic heterocycles. The number of nitrogen functional groups attached to an aromatic ring is 2. The molecule has 2 heterocycles. The van der Waals surface area contributed by atoms with Crippen LogP contribution < -0.4 is 16.4 Å². The molecule has 1 fully saturated rings. The van der Waals surface area contributed by atoms with Gasteiger partial charge in [-0.2, -0.15) is 0 Å². The standard InChI is InChI=1S/C10H16N4/c11-9-6-8(7-10(12)13-9)14-4-2-1-3-5-14/h6-7H,1-5H2,(H4,11,12,13). The minimum atomic E-state index is 0.505. The topological polar surface area (TPSA) is 68.2 Å². The van der Waals surface area contributed by atoms with E-state index in [4.69, 9.17) is 11.5 Å². The highest BCUT2D eigenvalue weighted by Gasteiger charge is 2.11. The van der Waals surface area contributed by atoms with Crippen molar-refractivity contribution in [2.75, 3.05) is 29.5 Å². The van der Waals surface area contributed by atoms with Crippen LogP contribution in [0.5, 0.6) is 0 Å². The van der Waals surface area contributed by atoms with E-state index in [0.29, 0.717) is 11.6 Å². The van der Waals surface area contributed by atoms with E-state index in [9.17, 15) is 0 Å². The predicted molar refractivity (Wildman–Crippen MR) is 59.1 cm³/mol. The first kappa shape index (κ1) is 9.12. The molecule has 0 unspecified atom stereocenters. The Bertz CT molecular complexity index is 298. The van der Waals surface area contributed by atoms with Gasteiger partial charge < -0.3 is 16.4 Å². The molecule has 4 nitrogen and oxygen atoms in total. The molecule has 0 bridgehead atoms. The highest BCUT2D eigenvalue weighted by atomic mass is 15.1. The van der Waals surface area contributed by atoms with Crippen molar-refractivity contribution >= 4 is 17.3 Å². The molecule has 0 aromatic carbocycles. The van der Waals surface area contributed by atoms with Crippen molar-refractivity contribution in [1.29, 1.82) is 0 Å². The van der Waals surface area contributed by atoms with Crippen molar-refractivity contribution in [3.63, 3.8) is 0 Å². The van der Waals surface area contributed by atoms with Crippen molar-refractivity contribution in [1.82, 2.24) is 4.98 Å². The van der Waals surface area contributed by atoms with Crippen LogP contribution in [-0.2, 0) is 0 Å². The molecule has 4 heteroatoms. The minimum absolute atomic E-state index is 0.505.